The number of rotatable bonds is 36. The van der Waals surface area contributed by atoms with Gasteiger partial charge in [0.15, 0.2) is 0 Å². The number of carboxylic acid groups (broad SMARTS) is 2. The molecule has 0 unspecified atom stereocenters. The van der Waals surface area contributed by atoms with Crippen LogP contribution < -0.4 is 47.9 Å². The maximum absolute atomic E-state index is 14.5. The molecule has 12 N–H and O–H groups in total. The summed E-state index contributed by atoms with van der Waals surface area (Å²) in [6.45, 7) is 9.17. The Morgan fingerprint density at radius 3 is 1.66 bits per heavy atom. The number of unbranched alkanes of at least 4 members (excludes halogenated alkanes) is 1. The van der Waals surface area contributed by atoms with Crippen LogP contribution in [0, 0.1) is 17.8 Å². The van der Waals surface area contributed by atoms with Gasteiger partial charge in [0, 0.05) is 36.3 Å². The van der Waals surface area contributed by atoms with Crippen LogP contribution in [0.5, 0.6) is 5.75 Å². The average molecular weight is 1160 g/mol. The Balaban J connectivity index is 1.90. The molecule has 0 spiro atoms. The van der Waals surface area contributed by atoms with E-state index in [0.717, 1.165) is 11.8 Å². The standard InChI is InChI=1S/C57H77N9O15S/c1-33(2)27-42(65-56(79)50(35(5)6)66-48(71)31-59-51(74)37-15-9-7-10-16-37)55(78)62-40(19-13-14-26-58-46(69)29-45(57(80)81)82-39-17-11-8-12-18-39)53(76)63-41(24-25-49(72)73)54(77)64-43(28-36-20-22-38(68)23-21-36)52(75)60-30-47(70)61-44(32-67)34(3)4/h7-12,15-18,20-23,32-35,40-45,50,68H,13-14,19,24-31H2,1-6H3,(H,58,69)(H,59,74)(H,60,75)(H,61,70)(H,62,78)(H,63,76)(H,64,77)(H,65,79)(H,66,71)(H,72,73)(H,80,81)/t40-,41-,42-,43-,44+,45+,50-/m0/s1. The van der Waals surface area contributed by atoms with Crippen molar-refractivity contribution < 1.29 is 72.9 Å². The first-order valence-corrected chi connectivity index (χ1v) is 27.8. The lowest BCUT2D eigenvalue weighted by Crippen LogP contribution is -2.60. The summed E-state index contributed by atoms with van der Waals surface area (Å²) in [6, 6.07) is 14.4. The van der Waals surface area contributed by atoms with E-state index < -0.39 is 138 Å². The van der Waals surface area contributed by atoms with Crippen molar-refractivity contribution >= 4 is 83.2 Å². The van der Waals surface area contributed by atoms with Crippen LogP contribution in [0.2, 0.25) is 0 Å². The number of carbonyl (C=O) groups excluding carboxylic acids is 10. The van der Waals surface area contributed by atoms with Gasteiger partial charge in [-0.1, -0.05) is 90.1 Å². The summed E-state index contributed by atoms with van der Waals surface area (Å²) in [7, 11) is 0. The summed E-state index contributed by atoms with van der Waals surface area (Å²) in [6.07, 6.45) is -1.08. The van der Waals surface area contributed by atoms with Crippen LogP contribution in [0.3, 0.4) is 0 Å². The molecular formula is C57H77N9O15S. The van der Waals surface area contributed by atoms with Gasteiger partial charge in [0.05, 0.1) is 19.1 Å². The number of benzene rings is 3. The second kappa shape index (κ2) is 35.4. The monoisotopic (exact) mass is 1160 g/mol. The van der Waals surface area contributed by atoms with Crippen LogP contribution in [-0.4, -0.2) is 148 Å². The normalized spacial score (nSPS) is 13.6. The van der Waals surface area contributed by atoms with E-state index in [1.807, 2.05) is 0 Å². The van der Waals surface area contributed by atoms with Gasteiger partial charge in [-0.2, -0.15) is 0 Å². The van der Waals surface area contributed by atoms with E-state index in [-0.39, 0.29) is 62.7 Å². The van der Waals surface area contributed by atoms with Gasteiger partial charge >= 0.3 is 11.9 Å². The maximum atomic E-state index is 14.5. The van der Waals surface area contributed by atoms with Gasteiger partial charge in [0.25, 0.3) is 5.91 Å². The number of aromatic hydroxyl groups is 1. The number of thioether (sulfide) groups is 1. The lowest BCUT2D eigenvalue weighted by atomic mass is 9.99. The Hall–Kier alpha value is -8.35. The highest BCUT2D eigenvalue weighted by atomic mass is 32.2. The van der Waals surface area contributed by atoms with Crippen LogP contribution in [0.1, 0.15) is 102 Å². The smallest absolute Gasteiger partial charge is 0.317 e. The maximum Gasteiger partial charge on any atom is 0.317 e. The average Bonchev–Trinajstić information content (AvgIpc) is 3.47. The molecule has 7 atom stereocenters. The number of carbonyl (C=O) groups is 12. The van der Waals surface area contributed by atoms with Crippen LogP contribution in [-0.2, 0) is 59.2 Å². The first-order chi connectivity index (χ1) is 38.9. The van der Waals surface area contributed by atoms with Crippen molar-refractivity contribution in [3.05, 3.63) is 96.1 Å². The molecule has 3 aromatic carbocycles. The fourth-order valence-electron chi connectivity index (χ4n) is 7.95. The molecule has 25 heteroatoms. The lowest BCUT2D eigenvalue weighted by Gasteiger charge is -2.28. The predicted molar refractivity (Wildman–Crippen MR) is 302 cm³/mol. The number of hydrogen-bond acceptors (Lipinski definition) is 14. The number of hydrogen-bond donors (Lipinski definition) is 12. The molecule has 24 nitrogen and oxygen atoms in total. The molecule has 82 heavy (non-hydrogen) atoms. The number of phenols is 1. The van der Waals surface area contributed by atoms with Crippen molar-refractivity contribution in [2.24, 2.45) is 17.8 Å². The zero-order chi connectivity index (χ0) is 60.9. The lowest BCUT2D eigenvalue weighted by molar-refractivity contribution is -0.139. The Bertz CT molecular complexity index is 2640. The molecule has 0 aromatic heterocycles. The number of aldehydes is 1. The molecule has 0 radical (unpaired) electrons. The predicted octanol–water partition coefficient (Wildman–Crippen LogP) is 1.73. The largest absolute Gasteiger partial charge is 0.508 e. The Kier molecular flexibility index (Phi) is 29.3. The van der Waals surface area contributed by atoms with Gasteiger partial charge in [0.1, 0.15) is 47.5 Å². The number of carboxylic acids is 2. The van der Waals surface area contributed by atoms with E-state index >= 15 is 0 Å². The van der Waals surface area contributed by atoms with Crippen LogP contribution >= 0.6 is 11.8 Å². The van der Waals surface area contributed by atoms with Gasteiger partial charge < -0.3 is 68.0 Å². The minimum absolute atomic E-state index is 0.0128. The summed E-state index contributed by atoms with van der Waals surface area (Å²) in [5, 5.41) is 51.4. The second-order valence-electron chi connectivity index (χ2n) is 20.5. The van der Waals surface area contributed by atoms with Crippen molar-refractivity contribution in [2.45, 2.75) is 139 Å². The third-order valence-electron chi connectivity index (χ3n) is 12.5. The van der Waals surface area contributed by atoms with Crippen molar-refractivity contribution in [3.8, 4) is 5.75 Å². The molecule has 0 saturated heterocycles. The van der Waals surface area contributed by atoms with E-state index in [1.54, 1.807) is 102 Å². The third kappa shape index (κ3) is 25.4. The highest BCUT2D eigenvalue weighted by Crippen LogP contribution is 2.25. The molecule has 0 aliphatic heterocycles. The van der Waals surface area contributed by atoms with E-state index in [4.69, 9.17) is 0 Å². The van der Waals surface area contributed by atoms with Crippen LogP contribution in [0.15, 0.2) is 89.8 Å². The molecule has 3 aromatic rings. The van der Waals surface area contributed by atoms with Gasteiger partial charge in [-0.15, -0.1) is 11.8 Å². The fraction of sp³-hybridized carbons (Fsp3) is 0.474. The van der Waals surface area contributed by atoms with Crippen molar-refractivity contribution in [1.29, 1.82) is 0 Å². The molecule has 446 valence electrons. The molecule has 0 aliphatic carbocycles. The summed E-state index contributed by atoms with van der Waals surface area (Å²) >= 11 is 1.00. The Morgan fingerprint density at radius 1 is 0.549 bits per heavy atom. The summed E-state index contributed by atoms with van der Waals surface area (Å²) in [4.78, 5) is 158. The van der Waals surface area contributed by atoms with E-state index in [0.29, 0.717) is 22.3 Å². The molecule has 0 saturated carbocycles. The third-order valence-corrected chi connectivity index (χ3v) is 13.7. The highest BCUT2D eigenvalue weighted by Gasteiger charge is 2.34. The molecule has 3 rings (SSSR count). The number of amides is 9. The first kappa shape index (κ1) is 67.9. The van der Waals surface area contributed by atoms with Crippen molar-refractivity contribution in [2.75, 3.05) is 19.6 Å². The van der Waals surface area contributed by atoms with Crippen molar-refractivity contribution in [1.82, 2.24) is 47.9 Å². The van der Waals surface area contributed by atoms with Crippen LogP contribution in [0.4, 0.5) is 0 Å². The topological polar surface area (TPSA) is 374 Å². The molecule has 0 fully saturated rings. The van der Waals surface area contributed by atoms with Gasteiger partial charge in [-0.25, -0.2) is 0 Å². The molecule has 0 heterocycles. The first-order valence-electron chi connectivity index (χ1n) is 26.9. The zero-order valence-electron chi connectivity index (χ0n) is 46.9. The SMILES string of the molecule is CC(C)C[C@H](NC(=O)[C@@H](NC(=O)CNC(=O)c1ccccc1)C(C)C)C(=O)N[C@@H](CCCCNC(=O)C[C@@H](Sc1ccccc1)C(=O)O)C(=O)N[C@@H](CCC(=O)O)C(=O)N[C@@H](Cc1ccc(O)cc1)C(=O)NCC(=O)N[C@H](C=O)C(C)C. The quantitative estimate of drug-likeness (QED) is 0.0224. The van der Waals surface area contributed by atoms with Gasteiger partial charge in [-0.05, 0) is 91.8 Å². The highest BCUT2D eigenvalue weighted by molar-refractivity contribution is 8.00. The number of aliphatic carboxylic acids is 2. The summed E-state index contributed by atoms with van der Waals surface area (Å²) in [5.74, 6) is -10.7. The molecule has 0 bridgehead atoms. The summed E-state index contributed by atoms with van der Waals surface area (Å²) in [5.41, 5.74) is 0.737. The fourth-order valence-corrected chi connectivity index (χ4v) is 8.92. The zero-order valence-corrected chi connectivity index (χ0v) is 47.7. The van der Waals surface area contributed by atoms with E-state index in [9.17, 15) is 72.9 Å². The molecule has 9 amide bonds. The van der Waals surface area contributed by atoms with Crippen LogP contribution in [0.25, 0.3) is 0 Å². The minimum atomic E-state index is -1.67. The Labute approximate surface area is 480 Å². The van der Waals surface area contributed by atoms with E-state index in [2.05, 4.69) is 47.9 Å². The van der Waals surface area contributed by atoms with Gasteiger partial charge in [0.2, 0.25) is 47.3 Å². The van der Waals surface area contributed by atoms with Crippen molar-refractivity contribution in [3.63, 3.8) is 0 Å². The molecule has 0 aliphatic rings. The molecular weight excluding hydrogens is 1080 g/mol. The Morgan fingerprint density at radius 2 is 1.10 bits per heavy atom. The number of nitrogens with one attached hydrogen (secondary N) is 9. The number of phenolic OH excluding ortho intramolecular Hbond substituents is 1. The second-order valence-corrected chi connectivity index (χ2v) is 21.8. The minimum Gasteiger partial charge on any atom is -0.508 e. The van der Waals surface area contributed by atoms with Gasteiger partial charge in [-0.3, -0.25) is 52.7 Å². The summed E-state index contributed by atoms with van der Waals surface area (Å²) < 4.78 is 0. The van der Waals surface area contributed by atoms with E-state index in [1.165, 1.54) is 24.3 Å².